The predicted octanol–water partition coefficient (Wildman–Crippen LogP) is 3.08. The summed E-state index contributed by atoms with van der Waals surface area (Å²) in [5, 5.41) is 3.74. The second-order valence-electron chi connectivity index (χ2n) is 4.47. The number of amides is 1. The number of nitrogens with one attached hydrogen (secondary N) is 1. The quantitative estimate of drug-likeness (QED) is 0.904. The Morgan fingerprint density at radius 3 is 3.11 bits per heavy atom. The summed E-state index contributed by atoms with van der Waals surface area (Å²) in [6, 6.07) is 3.96. The Hall–Kier alpha value is -1.62. The minimum atomic E-state index is 0.00722. The van der Waals surface area contributed by atoms with Crippen LogP contribution in [0.15, 0.2) is 16.5 Å². The van der Waals surface area contributed by atoms with E-state index in [0.717, 1.165) is 34.2 Å². The van der Waals surface area contributed by atoms with E-state index in [-0.39, 0.29) is 11.8 Å². The lowest BCUT2D eigenvalue weighted by atomic mass is 9.90. The fraction of sp³-hybridized carbons (Fsp3) is 0.385. The highest BCUT2D eigenvalue weighted by Gasteiger charge is 2.32. The molecule has 1 amide bonds. The lowest BCUT2D eigenvalue weighted by molar-refractivity contribution is -0.116. The summed E-state index contributed by atoms with van der Waals surface area (Å²) in [6.45, 7) is 4.03. The Morgan fingerprint density at radius 2 is 2.39 bits per heavy atom. The summed E-state index contributed by atoms with van der Waals surface area (Å²) in [4.78, 5) is 11.7. The van der Waals surface area contributed by atoms with Gasteiger partial charge in [-0.15, -0.1) is 0 Å². The number of aryl methyl sites for hydroxylation is 2. The summed E-state index contributed by atoms with van der Waals surface area (Å²) >= 11 is 1.34. The normalized spacial score (nSPS) is 18.6. The molecule has 5 heteroatoms. The zero-order valence-corrected chi connectivity index (χ0v) is 11.1. The number of carbonyl (C=O) groups excluding carboxylic acids is 1. The second-order valence-corrected chi connectivity index (χ2v) is 5.25. The molecular weight excluding hydrogens is 248 g/mol. The first kappa shape index (κ1) is 11.5. The fourth-order valence-corrected chi connectivity index (χ4v) is 3.23. The van der Waals surface area contributed by atoms with Gasteiger partial charge in [-0.1, -0.05) is 6.92 Å². The third-order valence-electron chi connectivity index (χ3n) is 3.27. The first-order valence-electron chi connectivity index (χ1n) is 6.03. The molecule has 0 fully saturated rings. The van der Waals surface area contributed by atoms with Crippen molar-refractivity contribution in [2.45, 2.75) is 32.6 Å². The van der Waals surface area contributed by atoms with Crippen LogP contribution in [0.2, 0.25) is 0 Å². The lowest BCUT2D eigenvalue weighted by Gasteiger charge is -2.21. The Balaban J connectivity index is 2.06. The molecule has 0 saturated heterocycles. The van der Waals surface area contributed by atoms with E-state index < -0.39 is 0 Å². The molecule has 3 rings (SSSR count). The number of hydrogen-bond acceptors (Lipinski definition) is 4. The molecule has 1 aliphatic rings. The van der Waals surface area contributed by atoms with Gasteiger partial charge in [0.2, 0.25) is 5.91 Å². The molecule has 0 aromatic carbocycles. The Bertz CT molecular complexity index is 600. The monoisotopic (exact) mass is 262 g/mol. The van der Waals surface area contributed by atoms with Gasteiger partial charge in [-0.05, 0) is 30.6 Å². The fourth-order valence-electron chi connectivity index (χ4n) is 2.36. The van der Waals surface area contributed by atoms with Gasteiger partial charge in [-0.25, -0.2) is 0 Å². The van der Waals surface area contributed by atoms with Crippen LogP contribution < -0.4 is 5.32 Å². The minimum Gasteiger partial charge on any atom is -0.465 e. The summed E-state index contributed by atoms with van der Waals surface area (Å²) in [5.41, 5.74) is 2.09. The van der Waals surface area contributed by atoms with Crippen molar-refractivity contribution in [1.29, 1.82) is 0 Å². The van der Waals surface area contributed by atoms with Crippen LogP contribution in [0.5, 0.6) is 0 Å². The van der Waals surface area contributed by atoms with Crippen molar-refractivity contribution in [3.63, 3.8) is 0 Å². The van der Waals surface area contributed by atoms with E-state index in [9.17, 15) is 4.79 Å². The molecule has 1 atom stereocenters. The molecule has 0 radical (unpaired) electrons. The maximum Gasteiger partial charge on any atom is 0.226 e. The van der Waals surface area contributed by atoms with Crippen molar-refractivity contribution in [1.82, 2.24) is 4.37 Å². The summed E-state index contributed by atoms with van der Waals surface area (Å²) in [6.07, 6.45) is 1.30. The highest BCUT2D eigenvalue weighted by atomic mass is 32.1. The standard InChI is InChI=1S/C13H14N2O2S/c1-3-8-4-5-10(17-8)9-6-11(16)14-13-12(9)7(2)15-18-13/h4-5,9H,3,6H2,1-2H3,(H,14,16)/t9-/m0/s1. The van der Waals surface area contributed by atoms with Crippen molar-refractivity contribution in [3.8, 4) is 0 Å². The summed E-state index contributed by atoms with van der Waals surface area (Å²) in [5.74, 6) is 1.86. The number of aromatic nitrogens is 1. The molecule has 0 unspecified atom stereocenters. The summed E-state index contributed by atoms with van der Waals surface area (Å²) in [7, 11) is 0. The topological polar surface area (TPSA) is 55.1 Å². The largest absolute Gasteiger partial charge is 0.465 e. The van der Waals surface area contributed by atoms with E-state index in [4.69, 9.17) is 4.42 Å². The first-order chi connectivity index (χ1) is 8.69. The zero-order valence-electron chi connectivity index (χ0n) is 10.3. The Morgan fingerprint density at radius 1 is 1.56 bits per heavy atom. The smallest absolute Gasteiger partial charge is 0.226 e. The number of fused-ring (bicyclic) bond motifs is 1. The van der Waals surface area contributed by atoms with Gasteiger partial charge in [0.1, 0.15) is 16.5 Å². The SMILES string of the molecule is CCc1ccc([C@@H]2CC(=O)Nc3snc(C)c32)o1. The van der Waals surface area contributed by atoms with Crippen molar-refractivity contribution in [2.24, 2.45) is 0 Å². The van der Waals surface area contributed by atoms with E-state index in [1.807, 2.05) is 19.1 Å². The van der Waals surface area contributed by atoms with Gasteiger partial charge in [-0.2, -0.15) is 4.37 Å². The highest BCUT2D eigenvalue weighted by Crippen LogP contribution is 2.41. The molecule has 0 bridgehead atoms. The molecule has 1 N–H and O–H groups in total. The van der Waals surface area contributed by atoms with E-state index in [1.54, 1.807) is 0 Å². The molecule has 0 spiro atoms. The molecule has 1 aliphatic heterocycles. The number of hydrogen-bond donors (Lipinski definition) is 1. The molecule has 3 heterocycles. The van der Waals surface area contributed by atoms with E-state index in [0.29, 0.717) is 6.42 Å². The van der Waals surface area contributed by atoms with Crippen LogP contribution in [-0.2, 0) is 11.2 Å². The number of nitrogens with zero attached hydrogens (tertiary/aromatic N) is 1. The van der Waals surface area contributed by atoms with Gasteiger partial charge < -0.3 is 9.73 Å². The number of carbonyl (C=O) groups is 1. The summed E-state index contributed by atoms with van der Waals surface area (Å²) < 4.78 is 10.1. The number of rotatable bonds is 2. The first-order valence-corrected chi connectivity index (χ1v) is 6.81. The van der Waals surface area contributed by atoms with E-state index in [1.165, 1.54) is 11.5 Å². The maximum absolute atomic E-state index is 11.7. The van der Waals surface area contributed by atoms with E-state index in [2.05, 4.69) is 16.6 Å². The van der Waals surface area contributed by atoms with Crippen LogP contribution in [0.4, 0.5) is 5.00 Å². The van der Waals surface area contributed by atoms with Crippen LogP contribution in [-0.4, -0.2) is 10.3 Å². The Labute approximate surface area is 109 Å². The molecule has 18 heavy (non-hydrogen) atoms. The van der Waals surface area contributed by atoms with Crippen LogP contribution in [0.3, 0.4) is 0 Å². The average Bonchev–Trinajstić information content (AvgIpc) is 2.96. The minimum absolute atomic E-state index is 0.00722. The number of anilines is 1. The molecule has 4 nitrogen and oxygen atoms in total. The van der Waals surface area contributed by atoms with Crippen LogP contribution in [0.1, 0.15) is 42.0 Å². The molecule has 2 aromatic heterocycles. The predicted molar refractivity (Wildman–Crippen MR) is 70.0 cm³/mol. The average molecular weight is 262 g/mol. The van der Waals surface area contributed by atoms with Gasteiger partial charge in [0.25, 0.3) is 0 Å². The third-order valence-corrected chi connectivity index (χ3v) is 4.14. The molecule has 2 aromatic rings. The highest BCUT2D eigenvalue weighted by molar-refractivity contribution is 7.10. The maximum atomic E-state index is 11.7. The van der Waals surface area contributed by atoms with Gasteiger partial charge in [-0.3, -0.25) is 4.79 Å². The van der Waals surface area contributed by atoms with Gasteiger partial charge in [0, 0.05) is 18.4 Å². The molecular formula is C13H14N2O2S. The van der Waals surface area contributed by atoms with Crippen molar-refractivity contribution >= 4 is 22.4 Å². The van der Waals surface area contributed by atoms with Crippen molar-refractivity contribution in [2.75, 3.05) is 5.32 Å². The van der Waals surface area contributed by atoms with Crippen LogP contribution >= 0.6 is 11.5 Å². The van der Waals surface area contributed by atoms with E-state index >= 15 is 0 Å². The van der Waals surface area contributed by atoms with Crippen molar-refractivity contribution < 1.29 is 9.21 Å². The van der Waals surface area contributed by atoms with Crippen LogP contribution in [0, 0.1) is 6.92 Å². The van der Waals surface area contributed by atoms with Crippen LogP contribution in [0.25, 0.3) is 0 Å². The van der Waals surface area contributed by atoms with Gasteiger partial charge >= 0.3 is 0 Å². The molecule has 0 aliphatic carbocycles. The van der Waals surface area contributed by atoms with Gasteiger partial charge in [0.05, 0.1) is 11.6 Å². The number of furan rings is 1. The van der Waals surface area contributed by atoms with Crippen molar-refractivity contribution in [3.05, 3.63) is 34.9 Å². The second kappa shape index (κ2) is 4.24. The third kappa shape index (κ3) is 1.75. The zero-order chi connectivity index (χ0) is 12.7. The molecule has 0 saturated carbocycles. The Kier molecular flexibility index (Phi) is 2.70. The molecule has 94 valence electrons. The van der Waals surface area contributed by atoms with Gasteiger partial charge in [0.15, 0.2) is 0 Å². The lowest BCUT2D eigenvalue weighted by Crippen LogP contribution is -2.22.